The molecule has 180 valence electrons. The molecule has 30 heavy (non-hydrogen) atoms. The van der Waals surface area contributed by atoms with Crippen LogP contribution in [0.5, 0.6) is 0 Å². The summed E-state index contributed by atoms with van der Waals surface area (Å²) >= 11 is 1.44. The van der Waals surface area contributed by atoms with Crippen LogP contribution in [0.3, 0.4) is 0 Å². The molecule has 0 aromatic carbocycles. The molecule has 1 aliphatic rings. The number of carbonyl (C=O) groups is 1. The highest BCUT2D eigenvalue weighted by atomic mass is 32.2. The van der Waals surface area contributed by atoms with E-state index in [-0.39, 0.29) is 7.43 Å². The number of hydrogen-bond acceptors (Lipinski definition) is 6. The first-order chi connectivity index (χ1) is 13.9. The second kappa shape index (κ2) is 17.1. The molecule has 1 saturated heterocycles. The lowest BCUT2D eigenvalue weighted by atomic mass is 10.0. The fourth-order valence-electron chi connectivity index (χ4n) is 3.56. The van der Waals surface area contributed by atoms with Gasteiger partial charge in [-0.15, -0.1) is 11.8 Å². The average Bonchev–Trinajstić information content (AvgIpc) is 2.84. The Hall–Kier alpha value is -0.470. The molecule has 1 aliphatic heterocycles. The zero-order valence-corrected chi connectivity index (χ0v) is 20.1. The van der Waals surface area contributed by atoms with Crippen molar-refractivity contribution in [2.45, 2.75) is 121 Å². The number of alkyl carbamates (subject to hydrolysis) is 1. The van der Waals surface area contributed by atoms with E-state index >= 15 is 0 Å². The van der Waals surface area contributed by atoms with Gasteiger partial charge >= 0.3 is 6.09 Å². The third-order valence-corrected chi connectivity index (χ3v) is 8.62. The monoisotopic (exact) mass is 467 g/mol. The summed E-state index contributed by atoms with van der Waals surface area (Å²) in [7, 11) is -2.34. The number of carbonyl (C=O) groups excluding carboxylic acids is 1. The summed E-state index contributed by atoms with van der Waals surface area (Å²) in [6.45, 7) is 3.97. The molecule has 0 spiro atoms. The van der Waals surface area contributed by atoms with E-state index in [4.69, 9.17) is 4.18 Å². The van der Waals surface area contributed by atoms with Crippen LogP contribution in [0.4, 0.5) is 4.79 Å². The van der Waals surface area contributed by atoms with Crippen LogP contribution in [0, 0.1) is 0 Å². The molecule has 3 atom stereocenters. The first kappa shape index (κ1) is 29.5. The summed E-state index contributed by atoms with van der Waals surface area (Å²) < 4.78 is 35.2. The van der Waals surface area contributed by atoms with E-state index in [1.807, 2.05) is 0 Å². The fraction of sp³-hybridized carbons (Fsp3) is 0.955. The van der Waals surface area contributed by atoms with E-state index in [9.17, 15) is 13.2 Å². The van der Waals surface area contributed by atoms with Gasteiger partial charge in [-0.2, -0.15) is 8.42 Å². The van der Waals surface area contributed by atoms with Crippen molar-refractivity contribution in [1.82, 2.24) is 5.32 Å². The van der Waals surface area contributed by atoms with Gasteiger partial charge in [0.25, 0.3) is 10.1 Å². The van der Waals surface area contributed by atoms with Crippen LogP contribution < -0.4 is 5.32 Å². The second-order valence-corrected chi connectivity index (χ2v) is 11.0. The minimum absolute atomic E-state index is 0. The van der Waals surface area contributed by atoms with Gasteiger partial charge in [0, 0.05) is 0 Å². The number of unbranched alkanes of at least 4 members (excludes halogenated alkanes) is 10. The van der Waals surface area contributed by atoms with Crippen molar-refractivity contribution < 1.29 is 22.1 Å². The Labute approximate surface area is 189 Å². The Morgan fingerprint density at radius 2 is 1.60 bits per heavy atom. The van der Waals surface area contributed by atoms with Crippen molar-refractivity contribution >= 4 is 28.0 Å². The Kier molecular flexibility index (Phi) is 16.9. The molecule has 8 heteroatoms. The van der Waals surface area contributed by atoms with E-state index < -0.39 is 32.9 Å². The molecule has 1 fully saturated rings. The van der Waals surface area contributed by atoms with E-state index in [0.29, 0.717) is 18.6 Å². The third-order valence-electron chi connectivity index (χ3n) is 5.43. The summed E-state index contributed by atoms with van der Waals surface area (Å²) in [4.78, 5) is 11.4. The maximum Gasteiger partial charge on any atom is 0.407 e. The van der Waals surface area contributed by atoms with Gasteiger partial charge in [0.05, 0.1) is 18.4 Å². The van der Waals surface area contributed by atoms with E-state index in [0.717, 1.165) is 12.8 Å². The lowest BCUT2D eigenvalue weighted by Gasteiger charge is -2.22. The zero-order valence-electron chi connectivity index (χ0n) is 18.5. The lowest BCUT2D eigenvalue weighted by molar-refractivity contribution is 0.158. The van der Waals surface area contributed by atoms with Crippen LogP contribution in [-0.4, -0.2) is 44.1 Å². The minimum Gasteiger partial charge on any atom is -0.453 e. The van der Waals surface area contributed by atoms with Gasteiger partial charge in [0.1, 0.15) is 5.44 Å². The van der Waals surface area contributed by atoms with E-state index in [1.165, 1.54) is 76.7 Å². The number of methoxy groups -OCH3 is 1. The fourth-order valence-corrected chi connectivity index (χ4v) is 6.72. The standard InChI is InChI=1S/C21H41NO5S2.CH4/c1-4-5-6-7-8-9-10-11-12-13-14-15-19-16-17-28-20(27-29(19,24)25)18(2)22-21(23)26-3;/h18-20H,4-17H2,1-3H3,(H,22,23);1H4. The van der Waals surface area contributed by atoms with Crippen molar-refractivity contribution in [3.05, 3.63) is 0 Å². The summed E-state index contributed by atoms with van der Waals surface area (Å²) in [6.07, 6.45) is 14.5. The van der Waals surface area contributed by atoms with Crippen molar-refractivity contribution in [2.75, 3.05) is 12.9 Å². The lowest BCUT2D eigenvalue weighted by Crippen LogP contribution is -2.42. The number of nitrogens with one attached hydrogen (secondary N) is 1. The molecule has 0 aromatic heterocycles. The Balaban J connectivity index is 0.00000841. The molecule has 1 amide bonds. The predicted molar refractivity (Wildman–Crippen MR) is 127 cm³/mol. The topological polar surface area (TPSA) is 81.7 Å². The number of amides is 1. The smallest absolute Gasteiger partial charge is 0.407 e. The van der Waals surface area contributed by atoms with Crippen molar-refractivity contribution in [3.63, 3.8) is 0 Å². The maximum absolute atomic E-state index is 12.6. The van der Waals surface area contributed by atoms with Gasteiger partial charge in [-0.05, 0) is 25.5 Å². The van der Waals surface area contributed by atoms with E-state index in [1.54, 1.807) is 6.92 Å². The molecule has 0 radical (unpaired) electrons. The van der Waals surface area contributed by atoms with E-state index in [2.05, 4.69) is 17.0 Å². The molecular weight excluding hydrogens is 422 g/mol. The molecule has 0 aliphatic carbocycles. The van der Waals surface area contributed by atoms with Crippen LogP contribution in [0.15, 0.2) is 0 Å². The van der Waals surface area contributed by atoms with Crippen LogP contribution >= 0.6 is 11.8 Å². The number of thioether (sulfide) groups is 1. The summed E-state index contributed by atoms with van der Waals surface area (Å²) in [5, 5.41) is 2.16. The second-order valence-electron chi connectivity index (χ2n) is 7.99. The number of rotatable bonds is 14. The Bertz CT molecular complexity index is 542. The third kappa shape index (κ3) is 12.4. The average molecular weight is 468 g/mol. The first-order valence-corrected chi connectivity index (χ1v) is 13.8. The molecule has 0 saturated carbocycles. The highest BCUT2D eigenvalue weighted by Crippen LogP contribution is 2.30. The number of hydrogen-bond donors (Lipinski definition) is 1. The van der Waals surface area contributed by atoms with Crippen molar-refractivity contribution in [2.24, 2.45) is 0 Å². The van der Waals surface area contributed by atoms with Crippen LogP contribution in [0.1, 0.15) is 105 Å². The minimum atomic E-state index is -3.62. The largest absolute Gasteiger partial charge is 0.453 e. The summed E-state index contributed by atoms with van der Waals surface area (Å²) in [5.41, 5.74) is -0.610. The maximum atomic E-state index is 12.6. The molecule has 0 aromatic rings. The van der Waals surface area contributed by atoms with Gasteiger partial charge in [0.15, 0.2) is 0 Å². The van der Waals surface area contributed by atoms with Crippen LogP contribution in [0.25, 0.3) is 0 Å². The highest BCUT2D eigenvalue weighted by molar-refractivity contribution is 8.00. The van der Waals surface area contributed by atoms with Gasteiger partial charge in [-0.1, -0.05) is 85.0 Å². The van der Waals surface area contributed by atoms with Crippen molar-refractivity contribution in [1.29, 1.82) is 0 Å². The quantitative estimate of drug-likeness (QED) is 0.240. The SMILES string of the molecule is C.CCCCCCCCCCCCCC1CCSC(C(C)NC(=O)OC)OS1(=O)=O. The zero-order chi connectivity index (χ0) is 21.5. The Morgan fingerprint density at radius 1 is 1.07 bits per heavy atom. The highest BCUT2D eigenvalue weighted by Gasteiger charge is 2.35. The van der Waals surface area contributed by atoms with Crippen LogP contribution in [-0.2, 0) is 19.0 Å². The molecule has 3 unspecified atom stereocenters. The van der Waals surface area contributed by atoms with Crippen LogP contribution in [0.2, 0.25) is 0 Å². The molecular formula is C22H45NO5S2. The molecule has 1 heterocycles. The van der Waals surface area contributed by atoms with Crippen molar-refractivity contribution in [3.8, 4) is 0 Å². The molecule has 1 rings (SSSR count). The Morgan fingerprint density at radius 3 is 2.13 bits per heavy atom. The van der Waals surface area contributed by atoms with Gasteiger partial charge in [-0.25, -0.2) is 4.79 Å². The molecule has 6 nitrogen and oxygen atoms in total. The first-order valence-electron chi connectivity index (χ1n) is 11.3. The van der Waals surface area contributed by atoms with Gasteiger partial charge in [-0.3, -0.25) is 4.18 Å². The normalized spacial score (nSPS) is 21.8. The molecule has 1 N–H and O–H groups in total. The van der Waals surface area contributed by atoms with Gasteiger partial charge in [0.2, 0.25) is 0 Å². The molecule has 0 bridgehead atoms. The summed E-state index contributed by atoms with van der Waals surface area (Å²) in [6, 6.07) is -0.442. The van der Waals surface area contributed by atoms with Gasteiger partial charge < -0.3 is 10.1 Å². The number of ether oxygens (including phenoxy) is 1. The predicted octanol–water partition coefficient (Wildman–Crippen LogP) is 6.25. The summed E-state index contributed by atoms with van der Waals surface area (Å²) in [5.74, 6) is 0.708.